The molecule has 106 valence electrons. The van der Waals surface area contributed by atoms with Gasteiger partial charge in [0.1, 0.15) is 6.10 Å². The maximum absolute atomic E-state index is 10.8. The fraction of sp³-hybridized carbons (Fsp3) is 0.500. The van der Waals surface area contributed by atoms with Gasteiger partial charge in [-0.05, 0) is 29.9 Å². The molecule has 0 saturated carbocycles. The topological polar surface area (TPSA) is 57.5 Å². The molecule has 0 aliphatic carbocycles. The Morgan fingerprint density at radius 1 is 1.37 bits per heavy atom. The summed E-state index contributed by atoms with van der Waals surface area (Å²) in [6.07, 6.45) is -1.34. The second-order valence-corrected chi connectivity index (χ2v) is 6.76. The van der Waals surface area contributed by atoms with Gasteiger partial charge < -0.3 is 10.2 Å². The highest BCUT2D eigenvalue weighted by molar-refractivity contribution is 8.13. The predicted molar refractivity (Wildman–Crippen MR) is 81.6 cm³/mol. The molecule has 5 heteroatoms. The molecule has 0 aliphatic rings. The lowest BCUT2D eigenvalue weighted by Gasteiger charge is -2.18. The van der Waals surface area contributed by atoms with Gasteiger partial charge in [-0.3, -0.25) is 4.79 Å². The quantitative estimate of drug-likeness (QED) is 0.758. The summed E-state index contributed by atoms with van der Waals surface area (Å²) < 4.78 is 0. The molecule has 0 heterocycles. The van der Waals surface area contributed by atoms with Crippen LogP contribution in [0.2, 0.25) is 0 Å². The molecule has 3 nitrogen and oxygen atoms in total. The molecule has 0 radical (unpaired) electrons. The Bertz CT molecular complexity index is 409. The first-order chi connectivity index (χ1) is 9.04. The first-order valence-corrected chi connectivity index (χ1v) is 8.24. The van der Waals surface area contributed by atoms with E-state index in [9.17, 15) is 15.0 Å². The van der Waals surface area contributed by atoms with Gasteiger partial charge >= 0.3 is 0 Å². The summed E-state index contributed by atoms with van der Waals surface area (Å²) >= 11 is 2.87. The lowest BCUT2D eigenvalue weighted by Crippen LogP contribution is -2.19. The van der Waals surface area contributed by atoms with Gasteiger partial charge in [0.2, 0.25) is 0 Å². The van der Waals surface area contributed by atoms with Crippen LogP contribution in [-0.2, 0) is 4.79 Å². The van der Waals surface area contributed by atoms with Crippen molar-refractivity contribution in [1.82, 2.24) is 0 Å². The number of rotatable bonds is 7. The van der Waals surface area contributed by atoms with Crippen LogP contribution in [0.5, 0.6) is 0 Å². The summed E-state index contributed by atoms with van der Waals surface area (Å²) in [7, 11) is 0. The van der Waals surface area contributed by atoms with E-state index >= 15 is 0 Å². The minimum atomic E-state index is -0.898. The molecule has 2 atom stereocenters. The Morgan fingerprint density at radius 2 is 2.11 bits per heavy atom. The number of carbonyl (C=O) groups excluding carboxylic acids is 1. The molecule has 0 fully saturated rings. The number of carbonyl (C=O) groups is 1. The summed E-state index contributed by atoms with van der Waals surface area (Å²) in [5.74, 6) is 1.49. The van der Waals surface area contributed by atoms with Crippen molar-refractivity contribution < 1.29 is 15.0 Å². The average molecular weight is 300 g/mol. The lowest BCUT2D eigenvalue weighted by molar-refractivity contribution is -0.109. The fourth-order valence-electron chi connectivity index (χ4n) is 1.66. The van der Waals surface area contributed by atoms with Crippen LogP contribution in [0, 0.1) is 0 Å². The highest BCUT2D eigenvalue weighted by atomic mass is 32.2. The number of thioether (sulfide) groups is 2. The maximum atomic E-state index is 10.8. The van der Waals surface area contributed by atoms with Gasteiger partial charge in [0.15, 0.2) is 5.12 Å². The monoisotopic (exact) mass is 300 g/mol. The number of aliphatic hydroxyl groups is 2. The van der Waals surface area contributed by atoms with Crippen molar-refractivity contribution in [2.75, 3.05) is 11.5 Å². The average Bonchev–Trinajstić information content (AvgIpc) is 2.38. The van der Waals surface area contributed by atoms with E-state index in [-0.39, 0.29) is 5.12 Å². The van der Waals surface area contributed by atoms with E-state index in [0.717, 1.165) is 16.2 Å². The molecule has 1 aromatic carbocycles. The van der Waals surface area contributed by atoms with Gasteiger partial charge in [0.25, 0.3) is 0 Å². The molecule has 2 N–H and O–H groups in total. The molecule has 0 aromatic heterocycles. The molecule has 2 unspecified atom stereocenters. The van der Waals surface area contributed by atoms with Crippen LogP contribution >= 0.6 is 23.5 Å². The Morgan fingerprint density at radius 3 is 2.74 bits per heavy atom. The highest BCUT2D eigenvalue weighted by Gasteiger charge is 2.18. The number of hydrogen-bond acceptors (Lipinski definition) is 5. The molecule has 1 aromatic rings. The first-order valence-electron chi connectivity index (χ1n) is 6.26. The Labute approximate surface area is 122 Å². The van der Waals surface area contributed by atoms with Gasteiger partial charge in [0.05, 0.1) is 6.10 Å². The van der Waals surface area contributed by atoms with Crippen LogP contribution in [0.1, 0.15) is 31.9 Å². The van der Waals surface area contributed by atoms with Crippen LogP contribution in [0.4, 0.5) is 0 Å². The van der Waals surface area contributed by atoms with Crippen LogP contribution in [0.3, 0.4) is 0 Å². The van der Waals surface area contributed by atoms with Crippen LogP contribution < -0.4 is 0 Å². The van der Waals surface area contributed by atoms with Crippen molar-refractivity contribution >= 4 is 28.6 Å². The third-order valence-corrected chi connectivity index (χ3v) is 4.32. The molecule has 0 spiro atoms. The van der Waals surface area contributed by atoms with Crippen molar-refractivity contribution in [1.29, 1.82) is 0 Å². The van der Waals surface area contributed by atoms with E-state index in [1.165, 1.54) is 18.7 Å². The molecular weight excluding hydrogens is 280 g/mol. The van der Waals surface area contributed by atoms with Crippen LogP contribution in [0.25, 0.3) is 0 Å². The standard InChI is InChI=1S/C14H20O3S2/c1-3-18-12-6-4-5-11(9-12)14(17)13(16)7-8-19-10(2)15/h4-6,9,13-14,16-17H,3,7-8H2,1-2H3. The second kappa shape index (κ2) is 8.64. The molecule has 1 rings (SSSR count). The Kier molecular flexibility index (Phi) is 7.53. The summed E-state index contributed by atoms with van der Waals surface area (Å²) in [6.45, 7) is 3.57. The van der Waals surface area contributed by atoms with Crippen LogP contribution in [0.15, 0.2) is 29.2 Å². The summed E-state index contributed by atoms with van der Waals surface area (Å²) in [6, 6.07) is 7.59. The number of aliphatic hydroxyl groups excluding tert-OH is 2. The molecule has 0 bridgehead atoms. The van der Waals surface area contributed by atoms with Crippen molar-refractivity contribution in [2.24, 2.45) is 0 Å². The van der Waals surface area contributed by atoms with Gasteiger partial charge in [-0.25, -0.2) is 0 Å². The largest absolute Gasteiger partial charge is 0.390 e. The van der Waals surface area contributed by atoms with E-state index in [0.29, 0.717) is 12.2 Å². The predicted octanol–water partition coefficient (Wildman–Crippen LogP) is 2.86. The highest BCUT2D eigenvalue weighted by Crippen LogP contribution is 2.25. The zero-order valence-electron chi connectivity index (χ0n) is 11.2. The van der Waals surface area contributed by atoms with E-state index in [2.05, 4.69) is 6.92 Å². The summed E-state index contributed by atoms with van der Waals surface area (Å²) in [4.78, 5) is 11.9. The normalized spacial score (nSPS) is 14.1. The van der Waals surface area contributed by atoms with E-state index in [1.54, 1.807) is 11.8 Å². The van der Waals surface area contributed by atoms with Gasteiger partial charge in [-0.2, -0.15) is 0 Å². The van der Waals surface area contributed by atoms with Crippen LogP contribution in [-0.4, -0.2) is 32.9 Å². The Balaban J connectivity index is 2.57. The lowest BCUT2D eigenvalue weighted by atomic mass is 10.0. The van der Waals surface area contributed by atoms with Gasteiger partial charge in [-0.1, -0.05) is 30.8 Å². The minimum absolute atomic E-state index is 0.0306. The van der Waals surface area contributed by atoms with E-state index in [1.807, 2.05) is 24.3 Å². The van der Waals surface area contributed by atoms with Crippen molar-refractivity contribution in [3.63, 3.8) is 0 Å². The van der Waals surface area contributed by atoms with Gasteiger partial charge in [0, 0.05) is 17.6 Å². The number of benzene rings is 1. The zero-order chi connectivity index (χ0) is 14.3. The third kappa shape index (κ3) is 5.99. The van der Waals surface area contributed by atoms with Gasteiger partial charge in [-0.15, -0.1) is 11.8 Å². The summed E-state index contributed by atoms with van der Waals surface area (Å²) in [5, 5.41) is 20.0. The SMILES string of the molecule is CCSc1cccc(C(O)C(O)CCSC(C)=O)c1. The van der Waals surface area contributed by atoms with E-state index in [4.69, 9.17) is 0 Å². The summed E-state index contributed by atoms with van der Waals surface area (Å²) in [5.41, 5.74) is 0.721. The first kappa shape index (κ1) is 16.6. The van der Waals surface area contributed by atoms with Crippen molar-refractivity contribution in [3.8, 4) is 0 Å². The van der Waals surface area contributed by atoms with Crippen molar-refractivity contribution in [3.05, 3.63) is 29.8 Å². The molecular formula is C14H20O3S2. The third-order valence-electron chi connectivity index (χ3n) is 2.59. The fourth-order valence-corrected chi connectivity index (χ4v) is 3.03. The zero-order valence-corrected chi connectivity index (χ0v) is 12.8. The van der Waals surface area contributed by atoms with E-state index < -0.39 is 12.2 Å². The smallest absolute Gasteiger partial charge is 0.185 e. The maximum Gasteiger partial charge on any atom is 0.185 e. The number of hydrogen-bond donors (Lipinski definition) is 2. The Hall–Kier alpha value is -0.490. The molecule has 0 saturated heterocycles. The molecule has 0 amide bonds. The second-order valence-electron chi connectivity index (χ2n) is 4.15. The molecule has 19 heavy (non-hydrogen) atoms. The van der Waals surface area contributed by atoms with Crippen molar-refractivity contribution in [2.45, 2.75) is 37.4 Å². The minimum Gasteiger partial charge on any atom is -0.390 e. The molecule has 0 aliphatic heterocycles.